The first-order valence-electron chi connectivity index (χ1n) is 4.71. The van der Waals surface area contributed by atoms with Crippen LogP contribution in [0, 0.1) is 12.8 Å². The summed E-state index contributed by atoms with van der Waals surface area (Å²) in [7, 11) is 0. The third kappa shape index (κ3) is 7.64. The Hall–Kier alpha value is -0.260. The molecule has 65 valence electrons. The fourth-order valence-electron chi connectivity index (χ4n) is 1.07. The molecular weight excluding hydrogens is 132 g/mol. The van der Waals surface area contributed by atoms with Gasteiger partial charge in [0, 0.05) is 0 Å². The predicted molar refractivity (Wildman–Crippen MR) is 52.4 cm³/mol. The van der Waals surface area contributed by atoms with E-state index in [-0.39, 0.29) is 0 Å². The zero-order chi connectivity index (χ0) is 8.53. The molecule has 0 saturated heterocycles. The van der Waals surface area contributed by atoms with Crippen molar-refractivity contribution in [2.45, 2.75) is 46.0 Å². The van der Waals surface area contributed by atoms with Crippen LogP contribution in [0.3, 0.4) is 0 Å². The lowest BCUT2D eigenvalue weighted by atomic mass is 10.0. The van der Waals surface area contributed by atoms with E-state index in [4.69, 9.17) is 0 Å². The van der Waals surface area contributed by atoms with Gasteiger partial charge in [0.15, 0.2) is 0 Å². The molecule has 1 radical (unpaired) electrons. The van der Waals surface area contributed by atoms with Crippen LogP contribution < -0.4 is 0 Å². The lowest BCUT2D eigenvalue weighted by Crippen LogP contribution is -1.91. The van der Waals surface area contributed by atoms with Crippen LogP contribution in [0.15, 0.2) is 12.2 Å². The van der Waals surface area contributed by atoms with E-state index in [2.05, 4.69) is 32.9 Å². The van der Waals surface area contributed by atoms with Gasteiger partial charge in [0.05, 0.1) is 0 Å². The first-order valence-corrected chi connectivity index (χ1v) is 4.71. The molecule has 0 aromatic carbocycles. The first kappa shape index (κ1) is 10.7. The molecule has 0 amide bonds. The van der Waals surface area contributed by atoms with E-state index in [0.717, 1.165) is 12.3 Å². The van der Waals surface area contributed by atoms with Crippen LogP contribution in [-0.2, 0) is 0 Å². The van der Waals surface area contributed by atoms with Gasteiger partial charge in [-0.3, -0.25) is 0 Å². The first-order chi connectivity index (χ1) is 5.31. The molecule has 1 atom stereocenters. The van der Waals surface area contributed by atoms with E-state index < -0.39 is 0 Å². The van der Waals surface area contributed by atoms with E-state index in [9.17, 15) is 0 Å². The smallest absolute Gasteiger partial charge is 0.0351 e. The Morgan fingerprint density at radius 3 is 2.64 bits per heavy atom. The van der Waals surface area contributed by atoms with Crippen molar-refractivity contribution in [1.29, 1.82) is 0 Å². The Kier molecular flexibility index (Phi) is 7.66. The van der Waals surface area contributed by atoms with Gasteiger partial charge in [-0.05, 0) is 25.7 Å². The standard InChI is InChI=1S/C11H21/c1-4-6-7-8-9-10-11(3)5-2/h4,6,11H,2,5,7-10H2,1,3H3/b6-4+. The molecule has 0 nitrogen and oxygen atoms in total. The maximum absolute atomic E-state index is 3.89. The van der Waals surface area contributed by atoms with Gasteiger partial charge in [-0.1, -0.05) is 45.3 Å². The van der Waals surface area contributed by atoms with E-state index in [0.29, 0.717) is 0 Å². The lowest BCUT2D eigenvalue weighted by Gasteiger charge is -2.05. The van der Waals surface area contributed by atoms with Crippen molar-refractivity contribution in [2.75, 3.05) is 0 Å². The Labute approximate surface area is 71.7 Å². The average Bonchev–Trinajstić information content (AvgIpc) is 2.04. The third-order valence-corrected chi connectivity index (χ3v) is 2.05. The summed E-state index contributed by atoms with van der Waals surface area (Å²) in [6, 6.07) is 0. The maximum atomic E-state index is 3.89. The molecule has 0 heteroatoms. The number of rotatable bonds is 6. The van der Waals surface area contributed by atoms with Gasteiger partial charge in [-0.2, -0.15) is 0 Å². The van der Waals surface area contributed by atoms with Gasteiger partial charge in [-0.25, -0.2) is 0 Å². The van der Waals surface area contributed by atoms with Crippen molar-refractivity contribution < 1.29 is 0 Å². The summed E-state index contributed by atoms with van der Waals surface area (Å²) < 4.78 is 0. The van der Waals surface area contributed by atoms with Gasteiger partial charge in [-0.15, -0.1) is 0 Å². The zero-order valence-electron chi connectivity index (χ0n) is 7.97. The minimum atomic E-state index is 0.820. The van der Waals surface area contributed by atoms with Crippen LogP contribution in [0.1, 0.15) is 46.0 Å². The van der Waals surface area contributed by atoms with E-state index >= 15 is 0 Å². The highest BCUT2D eigenvalue weighted by Crippen LogP contribution is 2.11. The van der Waals surface area contributed by atoms with Crippen LogP contribution in [0.25, 0.3) is 0 Å². The molecule has 0 aliphatic carbocycles. The number of hydrogen-bond acceptors (Lipinski definition) is 0. The second kappa shape index (κ2) is 7.84. The Morgan fingerprint density at radius 1 is 1.36 bits per heavy atom. The lowest BCUT2D eigenvalue weighted by molar-refractivity contribution is 0.504. The van der Waals surface area contributed by atoms with Crippen LogP contribution in [-0.4, -0.2) is 0 Å². The molecule has 1 unspecified atom stereocenters. The third-order valence-electron chi connectivity index (χ3n) is 2.05. The average molecular weight is 153 g/mol. The molecule has 0 aromatic heterocycles. The van der Waals surface area contributed by atoms with Crippen LogP contribution in [0.4, 0.5) is 0 Å². The minimum absolute atomic E-state index is 0.820. The quantitative estimate of drug-likeness (QED) is 0.400. The molecule has 0 aromatic rings. The summed E-state index contributed by atoms with van der Waals surface area (Å²) in [5, 5.41) is 0. The van der Waals surface area contributed by atoms with Crippen LogP contribution in [0.2, 0.25) is 0 Å². The van der Waals surface area contributed by atoms with Gasteiger partial charge < -0.3 is 0 Å². The molecule has 0 aliphatic heterocycles. The Balaban J connectivity index is 3.01. The predicted octanol–water partition coefficient (Wildman–Crippen LogP) is 3.98. The SMILES string of the molecule is [CH2]CC(C)CCCC/C=C/C. The molecule has 0 bridgehead atoms. The zero-order valence-corrected chi connectivity index (χ0v) is 7.97. The molecule has 0 rings (SSSR count). The van der Waals surface area contributed by atoms with Gasteiger partial charge in [0.25, 0.3) is 0 Å². The van der Waals surface area contributed by atoms with Gasteiger partial charge >= 0.3 is 0 Å². The summed E-state index contributed by atoms with van der Waals surface area (Å²) in [6.07, 6.45) is 10.8. The van der Waals surface area contributed by atoms with E-state index in [1.165, 1.54) is 25.7 Å². The normalized spacial score (nSPS) is 14.1. The summed E-state index contributed by atoms with van der Waals surface area (Å²) >= 11 is 0. The molecule has 0 N–H and O–H groups in total. The number of hydrogen-bond donors (Lipinski definition) is 0. The van der Waals surface area contributed by atoms with Crippen molar-refractivity contribution >= 4 is 0 Å². The molecule has 0 heterocycles. The van der Waals surface area contributed by atoms with Crippen molar-refractivity contribution in [3.63, 3.8) is 0 Å². The van der Waals surface area contributed by atoms with Crippen molar-refractivity contribution in [3.8, 4) is 0 Å². The van der Waals surface area contributed by atoms with Crippen molar-refractivity contribution in [3.05, 3.63) is 19.1 Å². The molecule has 0 aliphatic rings. The largest absolute Gasteiger partial charge is 0.0917 e. The molecule has 0 saturated carbocycles. The van der Waals surface area contributed by atoms with Crippen LogP contribution >= 0.6 is 0 Å². The molecule has 0 fully saturated rings. The Bertz CT molecular complexity index is 92.2. The highest BCUT2D eigenvalue weighted by atomic mass is 14.0. The molecule has 11 heavy (non-hydrogen) atoms. The van der Waals surface area contributed by atoms with Crippen molar-refractivity contribution in [2.24, 2.45) is 5.92 Å². The fraction of sp³-hybridized carbons (Fsp3) is 0.727. The Morgan fingerprint density at radius 2 is 2.09 bits per heavy atom. The topological polar surface area (TPSA) is 0 Å². The highest BCUT2D eigenvalue weighted by Gasteiger charge is 1.96. The molecular formula is C11H21. The number of unbranched alkanes of at least 4 members (excludes halogenated alkanes) is 2. The maximum Gasteiger partial charge on any atom is -0.0351 e. The summed E-state index contributed by atoms with van der Waals surface area (Å²) in [6.45, 7) is 8.25. The fourth-order valence-corrected chi connectivity index (χ4v) is 1.07. The van der Waals surface area contributed by atoms with E-state index in [1.807, 2.05) is 0 Å². The minimum Gasteiger partial charge on any atom is -0.0917 e. The highest BCUT2D eigenvalue weighted by molar-refractivity contribution is 4.76. The molecule has 0 spiro atoms. The summed E-state index contributed by atoms with van der Waals surface area (Å²) in [4.78, 5) is 0. The van der Waals surface area contributed by atoms with E-state index in [1.54, 1.807) is 0 Å². The number of allylic oxidation sites excluding steroid dienone is 2. The second-order valence-electron chi connectivity index (χ2n) is 3.25. The van der Waals surface area contributed by atoms with Gasteiger partial charge in [0.2, 0.25) is 0 Å². The second-order valence-corrected chi connectivity index (χ2v) is 3.25. The monoisotopic (exact) mass is 153 g/mol. The van der Waals surface area contributed by atoms with Crippen molar-refractivity contribution in [1.82, 2.24) is 0 Å². The van der Waals surface area contributed by atoms with Gasteiger partial charge in [0.1, 0.15) is 0 Å². The summed E-state index contributed by atoms with van der Waals surface area (Å²) in [5.41, 5.74) is 0. The van der Waals surface area contributed by atoms with Crippen LogP contribution in [0.5, 0.6) is 0 Å². The summed E-state index contributed by atoms with van der Waals surface area (Å²) in [5.74, 6) is 0.820.